The van der Waals surface area contributed by atoms with E-state index in [0.717, 1.165) is 36.1 Å². The first-order valence-electron chi connectivity index (χ1n) is 5.68. The van der Waals surface area contributed by atoms with Crippen molar-refractivity contribution >= 4 is 23.4 Å². The van der Waals surface area contributed by atoms with Gasteiger partial charge in [0.25, 0.3) is 0 Å². The lowest BCUT2D eigenvalue weighted by atomic mass is 10.3. The molecular formula is C11H18N4S. The molecule has 0 bridgehead atoms. The maximum atomic E-state index is 5.80. The molecule has 1 aliphatic rings. The summed E-state index contributed by atoms with van der Waals surface area (Å²) in [6.45, 7) is 5.33. The average molecular weight is 238 g/mol. The Bertz CT molecular complexity index is 369. The predicted octanol–water partition coefficient (Wildman–Crippen LogP) is 1.56. The predicted molar refractivity (Wildman–Crippen MR) is 70.0 cm³/mol. The van der Waals surface area contributed by atoms with Gasteiger partial charge in [-0.05, 0) is 6.92 Å². The third kappa shape index (κ3) is 2.40. The number of nitrogens with two attached hydrogens (primary N) is 1. The van der Waals surface area contributed by atoms with E-state index >= 15 is 0 Å². The molecule has 1 atom stereocenters. The van der Waals surface area contributed by atoms with Crippen molar-refractivity contribution in [3.8, 4) is 0 Å². The van der Waals surface area contributed by atoms with Gasteiger partial charge in [0.2, 0.25) is 0 Å². The molecule has 2 rings (SSSR count). The molecule has 16 heavy (non-hydrogen) atoms. The van der Waals surface area contributed by atoms with Crippen LogP contribution in [0, 0.1) is 0 Å². The number of anilines is 2. The Morgan fingerprint density at radius 1 is 1.56 bits per heavy atom. The quantitative estimate of drug-likeness (QED) is 0.847. The van der Waals surface area contributed by atoms with Crippen LogP contribution in [-0.2, 0) is 6.42 Å². The minimum atomic E-state index is 0.526. The highest BCUT2D eigenvalue weighted by Crippen LogP contribution is 2.23. The number of aryl methyl sites for hydroxylation is 1. The summed E-state index contributed by atoms with van der Waals surface area (Å²) >= 11 is 2.00. The standard InChI is InChI=1S/C11H18N4S/c1-3-10-13-9(12)6-11(14-10)15-4-5-16-7-8(15)2/h6,8H,3-5,7H2,1-2H3,(H2,12,13,14). The molecule has 0 spiro atoms. The largest absolute Gasteiger partial charge is 0.384 e. The Morgan fingerprint density at radius 2 is 2.38 bits per heavy atom. The molecule has 4 nitrogen and oxygen atoms in total. The summed E-state index contributed by atoms with van der Waals surface area (Å²) in [5.74, 6) is 4.71. The molecule has 1 aromatic heterocycles. The van der Waals surface area contributed by atoms with Crippen LogP contribution in [0.15, 0.2) is 6.07 Å². The van der Waals surface area contributed by atoms with Crippen molar-refractivity contribution in [2.75, 3.05) is 28.7 Å². The molecule has 1 unspecified atom stereocenters. The molecule has 1 fully saturated rings. The van der Waals surface area contributed by atoms with E-state index in [1.807, 2.05) is 24.8 Å². The van der Waals surface area contributed by atoms with Gasteiger partial charge in [0.05, 0.1) is 0 Å². The summed E-state index contributed by atoms with van der Waals surface area (Å²) in [4.78, 5) is 11.1. The number of hydrogen-bond donors (Lipinski definition) is 1. The fourth-order valence-corrected chi connectivity index (χ4v) is 2.89. The number of rotatable bonds is 2. The number of hydrogen-bond acceptors (Lipinski definition) is 5. The maximum Gasteiger partial charge on any atom is 0.134 e. The van der Waals surface area contributed by atoms with Gasteiger partial charge in [-0.3, -0.25) is 0 Å². The number of nitrogens with zero attached hydrogens (tertiary/aromatic N) is 3. The van der Waals surface area contributed by atoms with Crippen LogP contribution in [0.1, 0.15) is 19.7 Å². The first-order valence-corrected chi connectivity index (χ1v) is 6.84. The third-order valence-electron chi connectivity index (χ3n) is 2.76. The van der Waals surface area contributed by atoms with Crippen LogP contribution in [0.25, 0.3) is 0 Å². The second kappa shape index (κ2) is 4.91. The van der Waals surface area contributed by atoms with Gasteiger partial charge in [0, 0.05) is 36.6 Å². The van der Waals surface area contributed by atoms with Crippen LogP contribution in [-0.4, -0.2) is 34.1 Å². The van der Waals surface area contributed by atoms with Crippen molar-refractivity contribution < 1.29 is 0 Å². The van der Waals surface area contributed by atoms with E-state index in [-0.39, 0.29) is 0 Å². The van der Waals surface area contributed by atoms with Crippen molar-refractivity contribution in [3.63, 3.8) is 0 Å². The third-order valence-corrected chi connectivity index (χ3v) is 3.95. The molecule has 2 N–H and O–H groups in total. The summed E-state index contributed by atoms with van der Waals surface area (Å²) in [7, 11) is 0. The van der Waals surface area contributed by atoms with Gasteiger partial charge in [0.15, 0.2) is 0 Å². The number of aromatic nitrogens is 2. The first-order chi connectivity index (χ1) is 7.70. The number of nitrogen functional groups attached to an aromatic ring is 1. The minimum Gasteiger partial charge on any atom is -0.384 e. The Labute approximate surface area is 101 Å². The molecule has 1 saturated heterocycles. The lowest BCUT2D eigenvalue weighted by molar-refractivity contribution is 0.685. The summed E-state index contributed by atoms with van der Waals surface area (Å²) in [6, 6.07) is 2.41. The van der Waals surface area contributed by atoms with Crippen LogP contribution in [0.3, 0.4) is 0 Å². The second-order valence-electron chi connectivity index (χ2n) is 4.04. The molecule has 5 heteroatoms. The highest BCUT2D eigenvalue weighted by atomic mass is 32.2. The molecule has 0 aliphatic carbocycles. The topological polar surface area (TPSA) is 55.0 Å². The Morgan fingerprint density at radius 3 is 3.06 bits per heavy atom. The van der Waals surface area contributed by atoms with Crippen molar-refractivity contribution in [1.82, 2.24) is 9.97 Å². The molecule has 0 radical (unpaired) electrons. The van der Waals surface area contributed by atoms with Crippen LogP contribution in [0.5, 0.6) is 0 Å². The van der Waals surface area contributed by atoms with Crippen molar-refractivity contribution in [3.05, 3.63) is 11.9 Å². The molecule has 0 saturated carbocycles. The Kier molecular flexibility index (Phi) is 3.53. The van der Waals surface area contributed by atoms with E-state index in [4.69, 9.17) is 5.73 Å². The monoisotopic (exact) mass is 238 g/mol. The van der Waals surface area contributed by atoms with Gasteiger partial charge < -0.3 is 10.6 Å². The normalized spacial score (nSPS) is 21.1. The fourth-order valence-electron chi connectivity index (χ4n) is 1.88. The highest BCUT2D eigenvalue weighted by Gasteiger charge is 2.20. The van der Waals surface area contributed by atoms with E-state index in [0.29, 0.717) is 11.9 Å². The van der Waals surface area contributed by atoms with Gasteiger partial charge in [0.1, 0.15) is 17.5 Å². The van der Waals surface area contributed by atoms with Crippen molar-refractivity contribution in [2.24, 2.45) is 0 Å². The Hall–Kier alpha value is -0.970. The smallest absolute Gasteiger partial charge is 0.134 e. The van der Waals surface area contributed by atoms with Gasteiger partial charge >= 0.3 is 0 Å². The lowest BCUT2D eigenvalue weighted by Crippen LogP contribution is -2.41. The summed E-state index contributed by atoms with van der Waals surface area (Å²) in [6.07, 6.45) is 0.828. The minimum absolute atomic E-state index is 0.526. The molecule has 1 aromatic rings. The van der Waals surface area contributed by atoms with E-state index in [1.54, 1.807) is 0 Å². The van der Waals surface area contributed by atoms with Crippen molar-refractivity contribution in [1.29, 1.82) is 0 Å². The van der Waals surface area contributed by atoms with E-state index in [2.05, 4.69) is 21.8 Å². The highest BCUT2D eigenvalue weighted by molar-refractivity contribution is 7.99. The molecule has 0 amide bonds. The zero-order chi connectivity index (χ0) is 11.5. The molecular weight excluding hydrogens is 220 g/mol. The van der Waals surface area contributed by atoms with Gasteiger partial charge in [-0.2, -0.15) is 11.8 Å². The van der Waals surface area contributed by atoms with Crippen LogP contribution < -0.4 is 10.6 Å². The molecule has 2 heterocycles. The number of thioether (sulfide) groups is 1. The van der Waals surface area contributed by atoms with Gasteiger partial charge in [-0.1, -0.05) is 6.92 Å². The first kappa shape index (κ1) is 11.5. The van der Waals surface area contributed by atoms with Gasteiger partial charge in [-0.15, -0.1) is 0 Å². The SMILES string of the molecule is CCc1nc(N)cc(N2CCSCC2C)n1. The average Bonchev–Trinajstić information content (AvgIpc) is 2.28. The lowest BCUT2D eigenvalue weighted by Gasteiger charge is -2.34. The second-order valence-corrected chi connectivity index (χ2v) is 5.19. The summed E-state index contributed by atoms with van der Waals surface area (Å²) in [5, 5.41) is 0. The van der Waals surface area contributed by atoms with E-state index in [1.165, 1.54) is 0 Å². The zero-order valence-corrected chi connectivity index (χ0v) is 10.6. The Balaban J connectivity index is 2.27. The zero-order valence-electron chi connectivity index (χ0n) is 9.81. The molecule has 1 aliphatic heterocycles. The summed E-state index contributed by atoms with van der Waals surface area (Å²) in [5.41, 5.74) is 5.80. The van der Waals surface area contributed by atoms with E-state index < -0.39 is 0 Å². The van der Waals surface area contributed by atoms with Crippen LogP contribution in [0.2, 0.25) is 0 Å². The van der Waals surface area contributed by atoms with Crippen LogP contribution in [0.4, 0.5) is 11.6 Å². The maximum absolute atomic E-state index is 5.80. The summed E-state index contributed by atoms with van der Waals surface area (Å²) < 4.78 is 0. The van der Waals surface area contributed by atoms with Crippen LogP contribution >= 0.6 is 11.8 Å². The van der Waals surface area contributed by atoms with Crippen molar-refractivity contribution in [2.45, 2.75) is 26.3 Å². The van der Waals surface area contributed by atoms with Gasteiger partial charge in [-0.25, -0.2) is 9.97 Å². The molecule has 88 valence electrons. The molecule has 0 aromatic carbocycles. The fraction of sp³-hybridized carbons (Fsp3) is 0.636. The van der Waals surface area contributed by atoms with E-state index in [9.17, 15) is 0 Å².